The van der Waals surface area contributed by atoms with Crippen molar-refractivity contribution in [3.8, 4) is 0 Å². The largest absolute Gasteiger partial charge is 0.418 e. The SMILES string of the molecule is C[C@@H]([NH2+]CC(=O)Nc1ccccc1C(F)(F)F)c1cccc(Cl)c1. The minimum absolute atomic E-state index is 0.000128. The highest BCUT2D eigenvalue weighted by molar-refractivity contribution is 6.30. The predicted molar refractivity (Wildman–Crippen MR) is 86.7 cm³/mol. The minimum atomic E-state index is -4.51. The van der Waals surface area contributed by atoms with Crippen LogP contribution in [0.2, 0.25) is 5.02 Å². The van der Waals surface area contributed by atoms with Crippen LogP contribution in [0.4, 0.5) is 18.9 Å². The molecule has 128 valence electrons. The van der Waals surface area contributed by atoms with Crippen molar-refractivity contribution in [1.29, 1.82) is 0 Å². The van der Waals surface area contributed by atoms with Gasteiger partial charge in [0, 0.05) is 10.6 Å². The number of carbonyl (C=O) groups is 1. The highest BCUT2D eigenvalue weighted by Crippen LogP contribution is 2.34. The number of hydrogen-bond acceptors (Lipinski definition) is 1. The molecule has 0 aromatic heterocycles. The molecule has 2 rings (SSSR count). The first-order valence-corrected chi connectivity index (χ1v) is 7.70. The third-order valence-corrected chi connectivity index (χ3v) is 3.77. The molecule has 0 saturated heterocycles. The van der Waals surface area contributed by atoms with Crippen LogP contribution in [0.1, 0.15) is 24.1 Å². The molecule has 0 heterocycles. The zero-order chi connectivity index (χ0) is 17.7. The lowest BCUT2D eigenvalue weighted by atomic mass is 10.1. The Labute approximate surface area is 142 Å². The number of halogens is 4. The van der Waals surface area contributed by atoms with Crippen molar-refractivity contribution in [2.75, 3.05) is 11.9 Å². The number of carbonyl (C=O) groups excluding carboxylic acids is 1. The molecule has 0 fully saturated rings. The first-order valence-electron chi connectivity index (χ1n) is 7.32. The Morgan fingerprint density at radius 2 is 1.92 bits per heavy atom. The van der Waals surface area contributed by atoms with Crippen LogP contribution < -0.4 is 10.6 Å². The molecule has 0 saturated carbocycles. The second-order valence-corrected chi connectivity index (χ2v) is 5.81. The minimum Gasteiger partial charge on any atom is -0.333 e. The quantitative estimate of drug-likeness (QED) is 0.843. The Morgan fingerprint density at radius 1 is 1.21 bits per heavy atom. The van der Waals surface area contributed by atoms with E-state index in [9.17, 15) is 18.0 Å². The molecule has 24 heavy (non-hydrogen) atoms. The zero-order valence-corrected chi connectivity index (χ0v) is 13.7. The average molecular weight is 358 g/mol. The van der Waals surface area contributed by atoms with Gasteiger partial charge in [0.25, 0.3) is 5.91 Å². The highest BCUT2D eigenvalue weighted by atomic mass is 35.5. The van der Waals surface area contributed by atoms with Gasteiger partial charge >= 0.3 is 6.18 Å². The number of hydrogen-bond donors (Lipinski definition) is 2. The monoisotopic (exact) mass is 357 g/mol. The molecule has 0 spiro atoms. The number of para-hydroxylation sites is 1. The summed E-state index contributed by atoms with van der Waals surface area (Å²) in [5.41, 5.74) is -0.161. The van der Waals surface area contributed by atoms with Gasteiger partial charge in [0.05, 0.1) is 11.3 Å². The number of nitrogens with one attached hydrogen (secondary N) is 1. The Morgan fingerprint density at radius 3 is 2.58 bits per heavy atom. The lowest BCUT2D eigenvalue weighted by molar-refractivity contribution is -0.682. The van der Waals surface area contributed by atoms with E-state index in [1.54, 1.807) is 17.4 Å². The number of alkyl halides is 3. The fourth-order valence-electron chi connectivity index (χ4n) is 2.25. The van der Waals surface area contributed by atoms with Gasteiger partial charge in [-0.1, -0.05) is 35.9 Å². The summed E-state index contributed by atoms with van der Waals surface area (Å²) in [5.74, 6) is -0.499. The molecule has 1 amide bonds. The van der Waals surface area contributed by atoms with Gasteiger partial charge in [-0.3, -0.25) is 4.79 Å². The van der Waals surface area contributed by atoms with Crippen molar-refractivity contribution in [2.45, 2.75) is 19.1 Å². The molecule has 1 atom stereocenters. The third kappa shape index (κ3) is 4.97. The number of quaternary nitrogens is 1. The summed E-state index contributed by atoms with van der Waals surface area (Å²) in [5, 5.41) is 4.65. The standard InChI is InChI=1S/C17H16ClF3N2O/c1-11(12-5-4-6-13(18)9-12)22-10-16(24)23-15-8-3-2-7-14(15)17(19,20)21/h2-9,11,22H,10H2,1H3,(H,23,24)/p+1/t11-/m1/s1. The first kappa shape index (κ1) is 18.3. The van der Waals surface area contributed by atoms with Gasteiger partial charge < -0.3 is 10.6 Å². The Bertz CT molecular complexity index is 719. The van der Waals surface area contributed by atoms with Gasteiger partial charge in [0.15, 0.2) is 6.54 Å². The molecular weight excluding hydrogens is 341 g/mol. The fourth-order valence-corrected chi connectivity index (χ4v) is 2.45. The van der Waals surface area contributed by atoms with Crippen molar-refractivity contribution < 1.29 is 23.3 Å². The molecule has 2 aromatic carbocycles. The Hall–Kier alpha value is -2.05. The van der Waals surface area contributed by atoms with E-state index in [-0.39, 0.29) is 18.3 Å². The predicted octanol–water partition coefficient (Wildman–Crippen LogP) is 3.62. The van der Waals surface area contributed by atoms with Gasteiger partial charge in [0.1, 0.15) is 6.04 Å². The van der Waals surface area contributed by atoms with Crippen LogP contribution in [-0.2, 0) is 11.0 Å². The molecule has 0 aliphatic rings. The molecular formula is C17H17ClF3N2O+. The van der Waals surface area contributed by atoms with Crippen molar-refractivity contribution in [3.05, 3.63) is 64.7 Å². The van der Waals surface area contributed by atoms with Gasteiger partial charge in [-0.05, 0) is 31.2 Å². The number of benzene rings is 2. The van der Waals surface area contributed by atoms with E-state index in [1.807, 2.05) is 19.1 Å². The molecule has 0 radical (unpaired) electrons. The summed E-state index contributed by atoms with van der Waals surface area (Å²) >= 11 is 5.92. The summed E-state index contributed by atoms with van der Waals surface area (Å²) in [6, 6.07) is 12.1. The number of rotatable bonds is 5. The summed E-state index contributed by atoms with van der Waals surface area (Å²) < 4.78 is 38.7. The van der Waals surface area contributed by atoms with E-state index in [4.69, 9.17) is 11.6 Å². The van der Waals surface area contributed by atoms with Gasteiger partial charge in [0.2, 0.25) is 0 Å². The third-order valence-electron chi connectivity index (χ3n) is 3.54. The van der Waals surface area contributed by atoms with Gasteiger partial charge in [-0.2, -0.15) is 13.2 Å². The van der Waals surface area contributed by atoms with E-state index in [2.05, 4.69) is 5.32 Å². The molecule has 0 aliphatic carbocycles. The fraction of sp³-hybridized carbons (Fsp3) is 0.235. The normalized spacial score (nSPS) is 12.7. The Balaban J connectivity index is 1.97. The van der Waals surface area contributed by atoms with Crippen LogP contribution in [0.5, 0.6) is 0 Å². The van der Waals surface area contributed by atoms with Crippen molar-refractivity contribution in [3.63, 3.8) is 0 Å². The van der Waals surface area contributed by atoms with E-state index in [0.29, 0.717) is 5.02 Å². The molecule has 3 nitrogen and oxygen atoms in total. The van der Waals surface area contributed by atoms with Crippen LogP contribution in [0, 0.1) is 0 Å². The van der Waals surface area contributed by atoms with Crippen LogP contribution in [0.3, 0.4) is 0 Å². The maximum Gasteiger partial charge on any atom is 0.418 e. The van der Waals surface area contributed by atoms with Gasteiger partial charge in [-0.25, -0.2) is 0 Å². The summed E-state index contributed by atoms with van der Waals surface area (Å²) in [4.78, 5) is 12.0. The van der Waals surface area contributed by atoms with Crippen molar-refractivity contribution in [1.82, 2.24) is 0 Å². The second kappa shape index (κ2) is 7.68. The lowest BCUT2D eigenvalue weighted by Gasteiger charge is -2.14. The summed E-state index contributed by atoms with van der Waals surface area (Å²) in [6.45, 7) is 1.89. The Kier molecular flexibility index (Phi) is 5.85. The first-order chi connectivity index (χ1) is 11.3. The highest BCUT2D eigenvalue weighted by Gasteiger charge is 2.33. The number of amides is 1. The average Bonchev–Trinajstić information content (AvgIpc) is 2.52. The van der Waals surface area contributed by atoms with E-state index in [0.717, 1.165) is 11.6 Å². The van der Waals surface area contributed by atoms with Crippen molar-refractivity contribution >= 4 is 23.2 Å². The molecule has 2 aromatic rings. The van der Waals surface area contributed by atoms with E-state index < -0.39 is 17.6 Å². The van der Waals surface area contributed by atoms with Gasteiger partial charge in [-0.15, -0.1) is 0 Å². The maximum absolute atomic E-state index is 12.9. The summed E-state index contributed by atoms with van der Waals surface area (Å²) in [7, 11) is 0. The zero-order valence-electron chi connectivity index (χ0n) is 12.9. The van der Waals surface area contributed by atoms with Crippen LogP contribution >= 0.6 is 11.6 Å². The lowest BCUT2D eigenvalue weighted by Crippen LogP contribution is -2.86. The molecule has 7 heteroatoms. The molecule has 0 unspecified atom stereocenters. The maximum atomic E-state index is 12.9. The number of anilines is 1. The molecule has 0 aliphatic heterocycles. The summed E-state index contributed by atoms with van der Waals surface area (Å²) in [6.07, 6.45) is -4.51. The second-order valence-electron chi connectivity index (χ2n) is 5.38. The molecule has 3 N–H and O–H groups in total. The van der Waals surface area contributed by atoms with E-state index in [1.165, 1.54) is 18.2 Å². The van der Waals surface area contributed by atoms with Crippen molar-refractivity contribution in [2.24, 2.45) is 0 Å². The van der Waals surface area contributed by atoms with E-state index >= 15 is 0 Å². The number of nitrogens with two attached hydrogens (primary N) is 1. The van der Waals surface area contributed by atoms with Crippen LogP contribution in [-0.4, -0.2) is 12.5 Å². The topological polar surface area (TPSA) is 45.7 Å². The van der Waals surface area contributed by atoms with Crippen LogP contribution in [0.15, 0.2) is 48.5 Å². The smallest absolute Gasteiger partial charge is 0.333 e. The molecule has 0 bridgehead atoms. The van der Waals surface area contributed by atoms with Crippen LogP contribution in [0.25, 0.3) is 0 Å².